The van der Waals surface area contributed by atoms with E-state index in [0.29, 0.717) is 6.04 Å². The Hall–Kier alpha value is -0.830. The quantitative estimate of drug-likeness (QED) is 0.643. The second kappa shape index (κ2) is 4.13. The third-order valence-corrected chi connectivity index (χ3v) is 3.16. The van der Waals surface area contributed by atoms with E-state index < -0.39 is 0 Å². The number of carbonyl (C=O) groups excluding carboxylic acids is 1. The zero-order valence-electron chi connectivity index (χ0n) is 8.41. The van der Waals surface area contributed by atoms with Crippen LogP contribution in [0, 0.1) is 5.92 Å². The Kier molecular flexibility index (Phi) is 2.87. The van der Waals surface area contributed by atoms with E-state index in [2.05, 4.69) is 5.32 Å². The minimum atomic E-state index is 0.0191. The van der Waals surface area contributed by atoms with Gasteiger partial charge in [-0.05, 0) is 19.3 Å². The van der Waals surface area contributed by atoms with Gasteiger partial charge in [-0.3, -0.25) is 4.79 Å². The number of rotatable bonds is 2. The molecule has 0 heterocycles. The predicted molar refractivity (Wildman–Crippen MR) is 55.6 cm³/mol. The first-order chi connectivity index (χ1) is 6.75. The maximum Gasteiger partial charge on any atom is 0.227 e. The monoisotopic (exact) mass is 194 g/mol. The van der Waals surface area contributed by atoms with Crippen molar-refractivity contribution in [2.75, 3.05) is 0 Å². The molecule has 2 rings (SSSR count). The molecule has 3 N–H and O–H groups in total. The highest BCUT2D eigenvalue weighted by Crippen LogP contribution is 2.20. The zero-order chi connectivity index (χ0) is 9.97. The summed E-state index contributed by atoms with van der Waals surface area (Å²) in [5.74, 6) is 0.187. The van der Waals surface area contributed by atoms with Crippen molar-refractivity contribution >= 4 is 5.91 Å². The van der Waals surface area contributed by atoms with Crippen molar-refractivity contribution < 1.29 is 4.79 Å². The van der Waals surface area contributed by atoms with Crippen molar-refractivity contribution in [2.45, 2.75) is 44.2 Å². The number of carbonyl (C=O) groups is 1. The van der Waals surface area contributed by atoms with Gasteiger partial charge in [0.1, 0.15) is 0 Å². The van der Waals surface area contributed by atoms with E-state index in [-0.39, 0.29) is 17.9 Å². The van der Waals surface area contributed by atoms with Crippen LogP contribution in [-0.4, -0.2) is 18.0 Å². The summed E-state index contributed by atoms with van der Waals surface area (Å²) in [4.78, 5) is 11.7. The van der Waals surface area contributed by atoms with Crippen molar-refractivity contribution in [1.29, 1.82) is 0 Å². The third-order valence-electron chi connectivity index (χ3n) is 3.16. The fraction of sp³-hybridized carbons (Fsp3) is 0.727. The van der Waals surface area contributed by atoms with Crippen LogP contribution in [0.15, 0.2) is 12.2 Å². The smallest absolute Gasteiger partial charge is 0.227 e. The molecular formula is C11H18N2O. The van der Waals surface area contributed by atoms with Crippen LogP contribution in [0.25, 0.3) is 0 Å². The summed E-state index contributed by atoms with van der Waals surface area (Å²) in [6.45, 7) is 0. The normalized spacial score (nSPS) is 32.4. The van der Waals surface area contributed by atoms with Gasteiger partial charge in [0.15, 0.2) is 0 Å². The maximum absolute atomic E-state index is 11.7. The highest BCUT2D eigenvalue weighted by Gasteiger charge is 2.25. The summed E-state index contributed by atoms with van der Waals surface area (Å²) in [7, 11) is 0. The largest absolute Gasteiger partial charge is 0.353 e. The predicted octanol–water partition coefficient (Wildman–Crippen LogP) is 0.949. The van der Waals surface area contributed by atoms with Gasteiger partial charge in [0.2, 0.25) is 5.91 Å². The molecule has 2 atom stereocenters. The summed E-state index contributed by atoms with van der Waals surface area (Å²) in [5.41, 5.74) is 5.70. The van der Waals surface area contributed by atoms with Gasteiger partial charge in [-0.25, -0.2) is 0 Å². The fourth-order valence-corrected chi connectivity index (χ4v) is 2.30. The number of nitrogens with one attached hydrogen (secondary N) is 1. The minimum absolute atomic E-state index is 0.0191. The summed E-state index contributed by atoms with van der Waals surface area (Å²) in [6.07, 6.45) is 9.45. The van der Waals surface area contributed by atoms with Gasteiger partial charge in [0, 0.05) is 12.1 Å². The molecule has 0 bridgehead atoms. The zero-order valence-corrected chi connectivity index (χ0v) is 8.41. The van der Waals surface area contributed by atoms with Crippen molar-refractivity contribution in [3.63, 3.8) is 0 Å². The molecule has 3 nitrogen and oxygen atoms in total. The molecule has 1 fully saturated rings. The van der Waals surface area contributed by atoms with Gasteiger partial charge < -0.3 is 11.1 Å². The molecule has 2 aliphatic carbocycles. The molecule has 78 valence electrons. The molecule has 2 aliphatic rings. The van der Waals surface area contributed by atoms with E-state index in [1.54, 1.807) is 0 Å². The number of amides is 1. The van der Waals surface area contributed by atoms with Gasteiger partial charge >= 0.3 is 0 Å². The van der Waals surface area contributed by atoms with Crippen LogP contribution < -0.4 is 11.1 Å². The topological polar surface area (TPSA) is 55.1 Å². The Morgan fingerprint density at radius 2 is 2.00 bits per heavy atom. The standard InChI is InChI=1S/C11H18N2O/c12-9-6-5-8(7-9)11(14)13-10-3-1-2-4-10/h5-6,8-10H,1-4,7,12H2,(H,13,14). The fourth-order valence-electron chi connectivity index (χ4n) is 2.30. The Balaban J connectivity index is 1.80. The molecule has 0 aromatic carbocycles. The second-order valence-electron chi connectivity index (χ2n) is 4.38. The molecule has 3 heteroatoms. The maximum atomic E-state index is 11.7. The first-order valence-corrected chi connectivity index (χ1v) is 5.50. The van der Waals surface area contributed by atoms with Gasteiger partial charge in [-0.2, -0.15) is 0 Å². The molecule has 0 spiro atoms. The molecule has 0 saturated heterocycles. The summed E-state index contributed by atoms with van der Waals surface area (Å²) >= 11 is 0. The van der Waals surface area contributed by atoms with Crippen molar-refractivity contribution in [3.05, 3.63) is 12.2 Å². The molecule has 1 amide bonds. The van der Waals surface area contributed by atoms with Crippen LogP contribution >= 0.6 is 0 Å². The minimum Gasteiger partial charge on any atom is -0.353 e. The van der Waals surface area contributed by atoms with E-state index in [9.17, 15) is 4.79 Å². The number of nitrogens with two attached hydrogens (primary N) is 1. The van der Waals surface area contributed by atoms with Crippen LogP contribution in [0.2, 0.25) is 0 Å². The Morgan fingerprint density at radius 1 is 1.29 bits per heavy atom. The van der Waals surface area contributed by atoms with Crippen LogP contribution in [0.5, 0.6) is 0 Å². The number of hydrogen-bond acceptors (Lipinski definition) is 2. The van der Waals surface area contributed by atoms with Crippen LogP contribution in [0.3, 0.4) is 0 Å². The Morgan fingerprint density at radius 3 is 2.57 bits per heavy atom. The average molecular weight is 194 g/mol. The summed E-state index contributed by atoms with van der Waals surface area (Å²) in [6, 6.07) is 0.502. The van der Waals surface area contributed by atoms with Crippen LogP contribution in [0.1, 0.15) is 32.1 Å². The molecule has 0 aromatic heterocycles. The molecule has 14 heavy (non-hydrogen) atoms. The highest BCUT2D eigenvalue weighted by atomic mass is 16.1. The van der Waals surface area contributed by atoms with Gasteiger partial charge in [0.25, 0.3) is 0 Å². The van der Waals surface area contributed by atoms with Crippen molar-refractivity contribution in [2.24, 2.45) is 11.7 Å². The Bertz CT molecular complexity index is 244. The van der Waals surface area contributed by atoms with E-state index in [4.69, 9.17) is 5.73 Å². The lowest BCUT2D eigenvalue weighted by atomic mass is 10.1. The van der Waals surface area contributed by atoms with E-state index in [0.717, 1.165) is 19.3 Å². The molecular weight excluding hydrogens is 176 g/mol. The lowest BCUT2D eigenvalue weighted by molar-refractivity contribution is -0.124. The average Bonchev–Trinajstić information content (AvgIpc) is 2.75. The van der Waals surface area contributed by atoms with E-state index in [1.807, 2.05) is 12.2 Å². The van der Waals surface area contributed by atoms with Crippen molar-refractivity contribution in [1.82, 2.24) is 5.32 Å². The molecule has 0 aromatic rings. The first-order valence-electron chi connectivity index (χ1n) is 5.50. The van der Waals surface area contributed by atoms with Crippen LogP contribution in [-0.2, 0) is 4.79 Å². The SMILES string of the molecule is NC1C=CC(C(=O)NC2CCCC2)C1. The van der Waals surface area contributed by atoms with Gasteiger partial charge in [-0.15, -0.1) is 0 Å². The van der Waals surface area contributed by atoms with Gasteiger partial charge in [-0.1, -0.05) is 25.0 Å². The molecule has 2 unspecified atom stereocenters. The molecule has 0 aliphatic heterocycles. The van der Waals surface area contributed by atoms with E-state index >= 15 is 0 Å². The molecule has 0 radical (unpaired) electrons. The second-order valence-corrected chi connectivity index (χ2v) is 4.38. The third kappa shape index (κ3) is 2.15. The molecule has 1 saturated carbocycles. The lowest BCUT2D eigenvalue weighted by Crippen LogP contribution is -2.37. The summed E-state index contributed by atoms with van der Waals surface area (Å²) in [5, 5.41) is 3.10. The van der Waals surface area contributed by atoms with Crippen LogP contribution in [0.4, 0.5) is 0 Å². The number of hydrogen-bond donors (Lipinski definition) is 2. The highest BCUT2D eigenvalue weighted by molar-refractivity contribution is 5.81. The first kappa shape index (κ1) is 9.71. The van der Waals surface area contributed by atoms with Gasteiger partial charge in [0.05, 0.1) is 5.92 Å². The Labute approximate surface area is 84.7 Å². The summed E-state index contributed by atoms with van der Waals surface area (Å²) < 4.78 is 0. The van der Waals surface area contributed by atoms with Crippen molar-refractivity contribution in [3.8, 4) is 0 Å². The van der Waals surface area contributed by atoms with E-state index in [1.165, 1.54) is 12.8 Å². The lowest BCUT2D eigenvalue weighted by Gasteiger charge is -2.15.